The molecule has 2 saturated heterocycles. The topological polar surface area (TPSA) is 44.4 Å². The van der Waals surface area contributed by atoms with Crippen LogP contribution < -0.4 is 10.6 Å². The maximum Gasteiger partial charge on any atom is 0.406 e. The minimum Gasteiger partial charge on any atom is -0.332 e. The van der Waals surface area contributed by atoms with Crippen molar-refractivity contribution in [2.24, 2.45) is 0 Å². The molecule has 86 valence electrons. The number of hydrogen-bond acceptors (Lipinski definition) is 2. The number of amides is 2. The van der Waals surface area contributed by atoms with E-state index >= 15 is 0 Å². The van der Waals surface area contributed by atoms with E-state index in [0.29, 0.717) is 19.5 Å². The Bertz CT molecular complexity index is 268. The van der Waals surface area contributed by atoms with Crippen molar-refractivity contribution >= 4 is 6.03 Å². The van der Waals surface area contributed by atoms with Crippen LogP contribution in [0.25, 0.3) is 0 Å². The zero-order valence-corrected chi connectivity index (χ0v) is 7.97. The molecule has 2 unspecified atom stereocenters. The number of urea groups is 1. The van der Waals surface area contributed by atoms with E-state index in [2.05, 4.69) is 10.6 Å². The van der Waals surface area contributed by atoms with E-state index in [0.717, 1.165) is 4.90 Å². The molecule has 0 aliphatic carbocycles. The molecule has 2 amide bonds. The summed E-state index contributed by atoms with van der Waals surface area (Å²) in [4.78, 5) is 12.2. The Balaban J connectivity index is 2.06. The summed E-state index contributed by atoms with van der Waals surface area (Å²) in [5.41, 5.74) is 0. The Morgan fingerprint density at radius 1 is 1.47 bits per heavy atom. The first-order valence-electron chi connectivity index (χ1n) is 4.82. The summed E-state index contributed by atoms with van der Waals surface area (Å²) in [6, 6.07) is -1.11. The lowest BCUT2D eigenvalue weighted by Gasteiger charge is -2.30. The fraction of sp³-hybridized carbons (Fsp3) is 0.875. The minimum atomic E-state index is -4.32. The molecular weight excluding hydrogens is 211 g/mol. The van der Waals surface area contributed by atoms with Crippen molar-refractivity contribution in [2.75, 3.05) is 19.6 Å². The molecule has 2 atom stereocenters. The third kappa shape index (κ3) is 2.17. The van der Waals surface area contributed by atoms with Crippen LogP contribution in [0.2, 0.25) is 0 Å². The Morgan fingerprint density at radius 3 is 2.87 bits per heavy atom. The molecule has 0 bridgehead atoms. The molecule has 4 nitrogen and oxygen atoms in total. The highest BCUT2D eigenvalue weighted by atomic mass is 19.4. The number of carbonyl (C=O) groups is 1. The van der Waals surface area contributed by atoms with Crippen molar-refractivity contribution < 1.29 is 18.0 Å². The average Bonchev–Trinajstić information content (AvgIpc) is 2.41. The van der Waals surface area contributed by atoms with Crippen LogP contribution in [0.1, 0.15) is 6.42 Å². The van der Waals surface area contributed by atoms with Gasteiger partial charge in [-0.05, 0) is 13.0 Å². The highest BCUT2D eigenvalue weighted by Gasteiger charge is 2.45. The number of nitrogens with zero attached hydrogens (tertiary/aromatic N) is 1. The normalized spacial score (nSPS) is 31.4. The molecule has 0 radical (unpaired) electrons. The molecule has 2 aliphatic heterocycles. The molecule has 2 rings (SSSR count). The van der Waals surface area contributed by atoms with Gasteiger partial charge in [0.25, 0.3) is 0 Å². The van der Waals surface area contributed by atoms with Gasteiger partial charge < -0.3 is 15.5 Å². The van der Waals surface area contributed by atoms with Gasteiger partial charge in [0.1, 0.15) is 6.54 Å². The van der Waals surface area contributed by atoms with Crippen LogP contribution in [-0.4, -0.2) is 48.8 Å². The Morgan fingerprint density at radius 2 is 2.20 bits per heavy atom. The van der Waals surface area contributed by atoms with Crippen molar-refractivity contribution in [3.05, 3.63) is 0 Å². The van der Waals surface area contributed by atoms with Crippen LogP contribution in [0.15, 0.2) is 0 Å². The number of rotatable bonds is 1. The molecule has 0 spiro atoms. The van der Waals surface area contributed by atoms with Gasteiger partial charge in [-0.25, -0.2) is 4.79 Å². The maximum atomic E-state index is 12.2. The van der Waals surface area contributed by atoms with Crippen molar-refractivity contribution in [3.8, 4) is 0 Å². The number of carbonyl (C=O) groups excluding carboxylic acids is 1. The lowest BCUT2D eigenvalue weighted by atomic mass is 10.0. The van der Waals surface area contributed by atoms with Gasteiger partial charge in [0, 0.05) is 6.54 Å². The van der Waals surface area contributed by atoms with E-state index in [-0.39, 0.29) is 12.1 Å². The number of piperidine rings is 1. The number of fused-ring (bicyclic) bond motifs is 1. The quantitative estimate of drug-likeness (QED) is 0.671. The average molecular weight is 223 g/mol. The Kier molecular flexibility index (Phi) is 2.49. The zero-order chi connectivity index (χ0) is 11.1. The summed E-state index contributed by atoms with van der Waals surface area (Å²) in [6.45, 7) is 0.0508. The molecule has 15 heavy (non-hydrogen) atoms. The van der Waals surface area contributed by atoms with Crippen molar-refractivity contribution in [3.63, 3.8) is 0 Å². The van der Waals surface area contributed by atoms with Gasteiger partial charge in [-0.1, -0.05) is 0 Å². The second-order valence-electron chi connectivity index (χ2n) is 3.86. The summed E-state index contributed by atoms with van der Waals surface area (Å²) in [6.07, 6.45) is -3.75. The van der Waals surface area contributed by atoms with Crippen molar-refractivity contribution in [1.29, 1.82) is 0 Å². The molecular formula is C8H12F3N3O. The third-order valence-electron chi connectivity index (χ3n) is 2.77. The zero-order valence-electron chi connectivity index (χ0n) is 7.97. The standard InChI is InChI=1S/C8H12F3N3O/c9-8(10,11)4-14-6-1-2-12-3-5(6)13-7(14)15/h5-6,12H,1-4H2,(H,13,15). The van der Waals surface area contributed by atoms with Crippen LogP contribution in [0.3, 0.4) is 0 Å². The summed E-state index contributed by atoms with van der Waals surface area (Å²) >= 11 is 0. The molecule has 2 heterocycles. The summed E-state index contributed by atoms with van der Waals surface area (Å²) in [5.74, 6) is 0. The largest absolute Gasteiger partial charge is 0.406 e. The van der Waals surface area contributed by atoms with Gasteiger partial charge in [0.15, 0.2) is 0 Å². The van der Waals surface area contributed by atoms with E-state index < -0.39 is 18.8 Å². The second kappa shape index (κ2) is 3.55. The smallest absolute Gasteiger partial charge is 0.332 e. The lowest BCUT2D eigenvalue weighted by molar-refractivity contribution is -0.142. The summed E-state index contributed by atoms with van der Waals surface area (Å²) in [5, 5.41) is 5.59. The van der Waals surface area contributed by atoms with Crippen LogP contribution in [0, 0.1) is 0 Å². The predicted octanol–water partition coefficient (Wildman–Crippen LogP) is 0.304. The highest BCUT2D eigenvalue weighted by molar-refractivity contribution is 5.77. The molecule has 2 fully saturated rings. The van der Waals surface area contributed by atoms with Crippen molar-refractivity contribution in [2.45, 2.75) is 24.7 Å². The second-order valence-corrected chi connectivity index (χ2v) is 3.86. The first-order valence-corrected chi connectivity index (χ1v) is 4.82. The minimum absolute atomic E-state index is 0.186. The lowest BCUT2D eigenvalue weighted by Crippen LogP contribution is -2.50. The van der Waals surface area contributed by atoms with Gasteiger partial charge in [-0.15, -0.1) is 0 Å². The van der Waals surface area contributed by atoms with Gasteiger partial charge >= 0.3 is 12.2 Å². The van der Waals surface area contributed by atoms with E-state index in [1.807, 2.05) is 0 Å². The number of halogens is 3. The van der Waals surface area contributed by atoms with Crippen LogP contribution >= 0.6 is 0 Å². The van der Waals surface area contributed by atoms with Gasteiger partial charge in [0.2, 0.25) is 0 Å². The SMILES string of the molecule is O=C1NC2CNCCC2N1CC(F)(F)F. The van der Waals surface area contributed by atoms with E-state index in [1.54, 1.807) is 0 Å². The predicted molar refractivity (Wildman–Crippen MR) is 46.4 cm³/mol. The molecule has 0 aromatic heterocycles. The van der Waals surface area contributed by atoms with Gasteiger partial charge in [0.05, 0.1) is 12.1 Å². The fourth-order valence-electron chi connectivity index (χ4n) is 2.14. The monoisotopic (exact) mass is 223 g/mol. The van der Waals surface area contributed by atoms with Gasteiger partial charge in [-0.2, -0.15) is 13.2 Å². The molecule has 0 aromatic rings. The Labute approximate surface area is 84.8 Å². The first kappa shape index (κ1) is 10.5. The highest BCUT2D eigenvalue weighted by Crippen LogP contribution is 2.24. The summed E-state index contributed by atoms with van der Waals surface area (Å²) in [7, 11) is 0. The molecule has 2 aliphatic rings. The van der Waals surface area contributed by atoms with E-state index in [4.69, 9.17) is 0 Å². The maximum absolute atomic E-state index is 12.2. The number of alkyl halides is 3. The van der Waals surface area contributed by atoms with Crippen LogP contribution in [0.5, 0.6) is 0 Å². The number of nitrogens with one attached hydrogen (secondary N) is 2. The molecule has 0 aromatic carbocycles. The third-order valence-corrected chi connectivity index (χ3v) is 2.77. The molecule has 2 N–H and O–H groups in total. The van der Waals surface area contributed by atoms with Gasteiger partial charge in [-0.3, -0.25) is 0 Å². The fourth-order valence-corrected chi connectivity index (χ4v) is 2.14. The van der Waals surface area contributed by atoms with Crippen LogP contribution in [0.4, 0.5) is 18.0 Å². The molecule has 7 heteroatoms. The summed E-state index contributed by atoms with van der Waals surface area (Å²) < 4.78 is 36.6. The first-order chi connectivity index (χ1) is 6.97. The Hall–Kier alpha value is -0.980. The van der Waals surface area contributed by atoms with E-state index in [9.17, 15) is 18.0 Å². The molecule has 0 saturated carbocycles. The van der Waals surface area contributed by atoms with Crippen molar-refractivity contribution in [1.82, 2.24) is 15.5 Å². The van der Waals surface area contributed by atoms with E-state index in [1.165, 1.54) is 0 Å². The number of hydrogen-bond donors (Lipinski definition) is 2. The van der Waals surface area contributed by atoms with Crippen LogP contribution in [-0.2, 0) is 0 Å².